The first kappa shape index (κ1) is 19.0. The number of hydrogen-bond donors (Lipinski definition) is 2. The molecule has 3 rings (SSSR count). The van der Waals surface area contributed by atoms with Crippen LogP contribution in [0.3, 0.4) is 0 Å². The number of carbonyl (C=O) groups excluding carboxylic acids is 2. The number of benzene rings is 1. The number of nitrogens with zero attached hydrogens (tertiary/aromatic N) is 2. The Morgan fingerprint density at radius 3 is 2.67 bits per heavy atom. The van der Waals surface area contributed by atoms with Gasteiger partial charge in [0.15, 0.2) is 0 Å². The fourth-order valence-electron chi connectivity index (χ4n) is 2.92. The van der Waals surface area contributed by atoms with Gasteiger partial charge in [0, 0.05) is 17.6 Å². The average molecular weight is 382 g/mol. The van der Waals surface area contributed by atoms with Crippen molar-refractivity contribution in [2.24, 2.45) is 0 Å². The highest BCUT2D eigenvalue weighted by molar-refractivity contribution is 7.08. The first-order chi connectivity index (χ1) is 13.0. The quantitative estimate of drug-likeness (QED) is 0.666. The molecule has 1 atom stereocenters. The zero-order valence-electron chi connectivity index (χ0n) is 15.5. The highest BCUT2D eigenvalue weighted by Crippen LogP contribution is 2.23. The van der Waals surface area contributed by atoms with Gasteiger partial charge in [-0.15, -0.1) is 0 Å². The van der Waals surface area contributed by atoms with E-state index in [-0.39, 0.29) is 6.04 Å². The van der Waals surface area contributed by atoms with E-state index in [4.69, 9.17) is 0 Å². The molecule has 0 saturated carbocycles. The van der Waals surface area contributed by atoms with E-state index in [2.05, 4.69) is 15.6 Å². The van der Waals surface area contributed by atoms with Gasteiger partial charge in [-0.25, -0.2) is 0 Å². The number of fused-ring (bicyclic) bond motifs is 1. The Morgan fingerprint density at radius 2 is 1.96 bits per heavy atom. The number of anilines is 1. The van der Waals surface area contributed by atoms with Gasteiger partial charge in [0.2, 0.25) is 0 Å². The van der Waals surface area contributed by atoms with Crippen molar-refractivity contribution in [2.45, 2.75) is 13.0 Å². The summed E-state index contributed by atoms with van der Waals surface area (Å²) >= 11 is 1.61. The van der Waals surface area contributed by atoms with E-state index in [1.807, 2.05) is 67.0 Å². The Balaban J connectivity index is 1.69. The molecule has 0 bridgehead atoms. The smallest absolute Gasteiger partial charge is 0.313 e. The molecule has 0 fully saturated rings. The molecule has 2 N–H and O–H groups in total. The molecule has 0 spiro atoms. The van der Waals surface area contributed by atoms with Crippen molar-refractivity contribution >= 4 is 39.7 Å². The lowest BCUT2D eigenvalue weighted by molar-refractivity contribution is -0.136. The summed E-state index contributed by atoms with van der Waals surface area (Å²) in [5.41, 5.74) is 3.24. The minimum Gasteiger partial charge on any atom is -0.346 e. The molecule has 1 aromatic carbocycles. The van der Waals surface area contributed by atoms with Crippen LogP contribution in [0.1, 0.15) is 17.3 Å². The lowest BCUT2D eigenvalue weighted by Crippen LogP contribution is -2.40. The van der Waals surface area contributed by atoms with Crippen LogP contribution in [0.5, 0.6) is 0 Å². The van der Waals surface area contributed by atoms with Crippen LogP contribution in [0, 0.1) is 6.92 Å². The molecule has 0 unspecified atom stereocenters. The third-order valence-corrected chi connectivity index (χ3v) is 5.01. The minimum absolute atomic E-state index is 0.0111. The summed E-state index contributed by atoms with van der Waals surface area (Å²) in [6.45, 7) is 2.21. The molecule has 27 heavy (non-hydrogen) atoms. The van der Waals surface area contributed by atoms with Gasteiger partial charge in [0.25, 0.3) is 0 Å². The molecule has 0 aliphatic rings. The second-order valence-electron chi connectivity index (χ2n) is 6.53. The van der Waals surface area contributed by atoms with Gasteiger partial charge in [0.1, 0.15) is 0 Å². The summed E-state index contributed by atoms with van der Waals surface area (Å²) in [7, 11) is 3.89. The third-order valence-electron chi connectivity index (χ3n) is 4.31. The Labute approximate surface area is 162 Å². The monoisotopic (exact) mass is 382 g/mol. The predicted octanol–water partition coefficient (Wildman–Crippen LogP) is 2.96. The molecule has 3 aromatic rings. The highest BCUT2D eigenvalue weighted by Gasteiger charge is 2.20. The maximum Gasteiger partial charge on any atom is 0.313 e. The van der Waals surface area contributed by atoms with Crippen LogP contribution in [0.25, 0.3) is 10.9 Å². The van der Waals surface area contributed by atoms with Gasteiger partial charge in [-0.05, 0) is 55.5 Å². The number of thiophene rings is 1. The number of aromatic nitrogens is 1. The lowest BCUT2D eigenvalue weighted by atomic mass is 10.1. The van der Waals surface area contributed by atoms with Gasteiger partial charge >= 0.3 is 11.8 Å². The Bertz CT molecular complexity index is 954. The van der Waals surface area contributed by atoms with Crippen molar-refractivity contribution in [3.05, 3.63) is 58.4 Å². The number of para-hydroxylation sites is 1. The van der Waals surface area contributed by atoms with E-state index in [1.165, 1.54) is 0 Å². The Kier molecular flexibility index (Phi) is 5.83. The highest BCUT2D eigenvalue weighted by atomic mass is 32.1. The van der Waals surface area contributed by atoms with Crippen molar-refractivity contribution in [3.8, 4) is 0 Å². The summed E-state index contributed by atoms with van der Waals surface area (Å²) in [6, 6.07) is 11.3. The maximum atomic E-state index is 12.4. The van der Waals surface area contributed by atoms with Crippen molar-refractivity contribution < 1.29 is 9.59 Å². The molecular weight excluding hydrogens is 360 g/mol. The summed E-state index contributed by atoms with van der Waals surface area (Å²) in [4.78, 5) is 31.1. The fraction of sp³-hybridized carbons (Fsp3) is 0.250. The number of aryl methyl sites for hydroxylation is 1. The molecule has 2 aromatic heterocycles. The number of carbonyl (C=O) groups is 2. The molecular formula is C20H22N4O2S. The molecule has 0 saturated heterocycles. The molecule has 2 heterocycles. The van der Waals surface area contributed by atoms with Crippen molar-refractivity contribution in [1.29, 1.82) is 0 Å². The van der Waals surface area contributed by atoms with Crippen molar-refractivity contribution in [3.63, 3.8) is 0 Å². The summed E-state index contributed by atoms with van der Waals surface area (Å²) in [6.07, 6.45) is 0. The SMILES string of the molecule is Cc1cc(NC(=O)C(=O)NC[C@H](c2ccsc2)N(C)C)c2ccccc2n1. The van der Waals surface area contributed by atoms with Gasteiger partial charge in [-0.2, -0.15) is 11.3 Å². The fourth-order valence-corrected chi connectivity index (χ4v) is 3.63. The average Bonchev–Trinajstić information content (AvgIpc) is 3.15. The largest absolute Gasteiger partial charge is 0.346 e. The number of amides is 2. The van der Waals surface area contributed by atoms with Gasteiger partial charge in [-0.1, -0.05) is 18.2 Å². The second-order valence-corrected chi connectivity index (χ2v) is 7.31. The summed E-state index contributed by atoms with van der Waals surface area (Å²) in [5, 5.41) is 10.3. The van der Waals surface area contributed by atoms with Crippen molar-refractivity contribution in [1.82, 2.24) is 15.2 Å². The van der Waals surface area contributed by atoms with Gasteiger partial charge < -0.3 is 15.5 Å². The summed E-state index contributed by atoms with van der Waals surface area (Å²) < 4.78 is 0. The van der Waals surface area contributed by atoms with Crippen molar-refractivity contribution in [2.75, 3.05) is 26.0 Å². The van der Waals surface area contributed by atoms with Gasteiger partial charge in [0.05, 0.1) is 17.2 Å². The zero-order valence-corrected chi connectivity index (χ0v) is 16.3. The normalized spacial score (nSPS) is 12.1. The molecule has 0 radical (unpaired) electrons. The molecule has 2 amide bonds. The van der Waals surface area contributed by atoms with E-state index in [9.17, 15) is 9.59 Å². The zero-order chi connectivity index (χ0) is 19.4. The second kappa shape index (κ2) is 8.28. The lowest BCUT2D eigenvalue weighted by Gasteiger charge is -2.23. The number of nitrogens with one attached hydrogen (secondary N) is 2. The van der Waals surface area contributed by atoms with Crippen LogP contribution >= 0.6 is 11.3 Å². The number of hydrogen-bond acceptors (Lipinski definition) is 5. The van der Waals surface area contributed by atoms with Crippen LogP contribution in [0.4, 0.5) is 5.69 Å². The van der Waals surface area contributed by atoms with E-state index >= 15 is 0 Å². The van der Waals surface area contributed by atoms with Gasteiger partial charge in [-0.3, -0.25) is 14.6 Å². The standard InChI is InChI=1S/C20H22N4O2S/c1-13-10-17(15-6-4-5-7-16(15)22-13)23-20(26)19(25)21-11-18(24(2)3)14-8-9-27-12-14/h4-10,12,18H,11H2,1-3H3,(H,21,25)(H,22,23,26)/t18-/m1/s1. The number of pyridine rings is 1. The Morgan fingerprint density at radius 1 is 1.19 bits per heavy atom. The predicted molar refractivity (Wildman–Crippen MR) is 109 cm³/mol. The number of rotatable bonds is 5. The summed E-state index contributed by atoms with van der Waals surface area (Å²) in [5.74, 6) is -1.34. The molecule has 0 aliphatic carbocycles. The van der Waals surface area contributed by atoms with Crippen LogP contribution in [0.15, 0.2) is 47.2 Å². The number of likely N-dealkylation sites (N-methyl/N-ethyl adjacent to an activating group) is 1. The topological polar surface area (TPSA) is 74.3 Å². The van der Waals surface area contributed by atoms with E-state index < -0.39 is 11.8 Å². The van der Waals surface area contributed by atoms with E-state index in [1.54, 1.807) is 17.4 Å². The van der Waals surface area contributed by atoms with E-state index in [0.717, 1.165) is 22.2 Å². The van der Waals surface area contributed by atoms with Crippen LogP contribution in [-0.4, -0.2) is 42.3 Å². The minimum atomic E-state index is -0.687. The molecule has 140 valence electrons. The van der Waals surface area contributed by atoms with Crippen LogP contribution in [-0.2, 0) is 9.59 Å². The molecule has 0 aliphatic heterocycles. The maximum absolute atomic E-state index is 12.4. The first-order valence-corrected chi connectivity index (χ1v) is 9.54. The molecule has 7 heteroatoms. The third kappa shape index (κ3) is 4.50. The molecule has 6 nitrogen and oxygen atoms in total. The van der Waals surface area contributed by atoms with E-state index in [0.29, 0.717) is 12.2 Å². The van der Waals surface area contributed by atoms with Crippen LogP contribution < -0.4 is 10.6 Å². The van der Waals surface area contributed by atoms with Crippen LogP contribution in [0.2, 0.25) is 0 Å². The Hall–Kier alpha value is -2.77. The first-order valence-electron chi connectivity index (χ1n) is 8.60.